The lowest BCUT2D eigenvalue weighted by molar-refractivity contribution is 0.416. The Balaban J connectivity index is 2.22. The van der Waals surface area contributed by atoms with Crippen molar-refractivity contribution in [3.8, 4) is 5.75 Å². The van der Waals surface area contributed by atoms with E-state index in [0.29, 0.717) is 11.3 Å². The fourth-order valence-electron chi connectivity index (χ4n) is 2.07. The van der Waals surface area contributed by atoms with Gasteiger partial charge in [0.05, 0.1) is 12.8 Å². The first kappa shape index (κ1) is 12.9. The second-order valence-corrected chi connectivity index (χ2v) is 6.31. The Kier molecular flexibility index (Phi) is 4.10. The van der Waals surface area contributed by atoms with Gasteiger partial charge < -0.3 is 10.1 Å². The number of nitrogens with one attached hydrogen (secondary N) is 1. The number of benzene rings is 1. The summed E-state index contributed by atoms with van der Waals surface area (Å²) in [5.74, 6) is 2.05. The van der Waals surface area contributed by atoms with Gasteiger partial charge in [0.25, 0.3) is 0 Å². The lowest BCUT2D eigenvalue weighted by atomic mass is 10.1. The van der Waals surface area contributed by atoms with Crippen molar-refractivity contribution in [1.82, 2.24) is 0 Å². The maximum Gasteiger partial charge on any atom is 0.143 e. The zero-order chi connectivity index (χ0) is 12.4. The van der Waals surface area contributed by atoms with Gasteiger partial charge in [-0.05, 0) is 30.7 Å². The lowest BCUT2D eigenvalue weighted by Gasteiger charge is -2.20. The van der Waals surface area contributed by atoms with Crippen LogP contribution in [-0.2, 0) is 0 Å². The molecule has 2 unspecified atom stereocenters. The summed E-state index contributed by atoms with van der Waals surface area (Å²) in [7, 11) is 1.68. The van der Waals surface area contributed by atoms with E-state index in [0.717, 1.165) is 22.0 Å². The second kappa shape index (κ2) is 5.40. The van der Waals surface area contributed by atoms with Crippen molar-refractivity contribution in [1.29, 1.82) is 0 Å². The molecule has 2 nitrogen and oxygen atoms in total. The van der Waals surface area contributed by atoms with Gasteiger partial charge in [-0.1, -0.05) is 18.5 Å². The highest BCUT2D eigenvalue weighted by molar-refractivity contribution is 8.00. The number of rotatable bonds is 3. The summed E-state index contributed by atoms with van der Waals surface area (Å²) in [5.41, 5.74) is 2.13. The van der Waals surface area contributed by atoms with Crippen LogP contribution < -0.4 is 10.1 Å². The van der Waals surface area contributed by atoms with Crippen molar-refractivity contribution >= 4 is 29.1 Å². The van der Waals surface area contributed by atoms with E-state index in [1.165, 1.54) is 12.2 Å². The molecule has 0 bridgehead atoms. The molecule has 1 aliphatic heterocycles. The van der Waals surface area contributed by atoms with Crippen LogP contribution in [0.3, 0.4) is 0 Å². The minimum atomic E-state index is 0.523. The first-order valence-corrected chi connectivity index (χ1v) is 7.26. The molecule has 1 heterocycles. The standard InChI is InChI=1S/C13H18ClNOS/c1-8-6-12(13(16-3)7-10(8)14)15-11-4-5-17-9(11)2/h6-7,9,11,15H,4-5H2,1-3H3. The topological polar surface area (TPSA) is 21.3 Å². The van der Waals surface area contributed by atoms with Crippen molar-refractivity contribution in [3.63, 3.8) is 0 Å². The average Bonchev–Trinajstić information content (AvgIpc) is 2.69. The molecule has 0 aliphatic carbocycles. The highest BCUT2D eigenvalue weighted by Crippen LogP contribution is 2.35. The molecule has 2 rings (SSSR count). The molecule has 1 aromatic carbocycles. The molecule has 0 radical (unpaired) electrons. The number of ether oxygens (including phenoxy) is 1. The number of halogens is 1. The summed E-state index contributed by atoms with van der Waals surface area (Å²) in [4.78, 5) is 0. The van der Waals surface area contributed by atoms with Crippen LogP contribution in [0.5, 0.6) is 5.75 Å². The van der Waals surface area contributed by atoms with Crippen LogP contribution in [0.15, 0.2) is 12.1 Å². The predicted molar refractivity (Wildman–Crippen MR) is 76.7 cm³/mol. The highest BCUT2D eigenvalue weighted by atomic mass is 35.5. The van der Waals surface area contributed by atoms with Gasteiger partial charge in [0.15, 0.2) is 0 Å². The number of methoxy groups -OCH3 is 1. The Morgan fingerprint density at radius 2 is 2.24 bits per heavy atom. The minimum Gasteiger partial charge on any atom is -0.495 e. The summed E-state index contributed by atoms with van der Waals surface area (Å²) in [6, 6.07) is 4.47. The van der Waals surface area contributed by atoms with Crippen molar-refractivity contribution in [3.05, 3.63) is 22.7 Å². The maximum atomic E-state index is 6.10. The van der Waals surface area contributed by atoms with Crippen LogP contribution in [0.25, 0.3) is 0 Å². The van der Waals surface area contributed by atoms with Crippen LogP contribution in [0.2, 0.25) is 5.02 Å². The third kappa shape index (κ3) is 2.83. The molecule has 94 valence electrons. The van der Waals surface area contributed by atoms with E-state index in [2.05, 4.69) is 18.3 Å². The van der Waals surface area contributed by atoms with Gasteiger partial charge in [-0.2, -0.15) is 11.8 Å². The van der Waals surface area contributed by atoms with E-state index in [1.54, 1.807) is 7.11 Å². The summed E-state index contributed by atoms with van der Waals surface area (Å²) >= 11 is 8.11. The first-order chi connectivity index (χ1) is 8.11. The molecule has 0 saturated carbocycles. The van der Waals surface area contributed by atoms with E-state index in [1.807, 2.05) is 24.8 Å². The number of hydrogen-bond donors (Lipinski definition) is 1. The van der Waals surface area contributed by atoms with E-state index in [4.69, 9.17) is 16.3 Å². The Labute approximate surface area is 112 Å². The van der Waals surface area contributed by atoms with Crippen molar-refractivity contribution < 1.29 is 4.74 Å². The van der Waals surface area contributed by atoms with E-state index in [-0.39, 0.29) is 0 Å². The smallest absolute Gasteiger partial charge is 0.143 e. The number of anilines is 1. The molecule has 1 aliphatic rings. The molecule has 1 saturated heterocycles. The largest absolute Gasteiger partial charge is 0.495 e. The molecule has 17 heavy (non-hydrogen) atoms. The molecular formula is C13H18ClNOS. The van der Waals surface area contributed by atoms with E-state index >= 15 is 0 Å². The molecule has 0 spiro atoms. The summed E-state index contributed by atoms with van der Waals surface area (Å²) in [6.07, 6.45) is 1.21. The molecule has 2 atom stereocenters. The highest BCUT2D eigenvalue weighted by Gasteiger charge is 2.24. The van der Waals surface area contributed by atoms with Crippen LogP contribution in [0.1, 0.15) is 18.9 Å². The Morgan fingerprint density at radius 1 is 1.47 bits per heavy atom. The Morgan fingerprint density at radius 3 is 2.82 bits per heavy atom. The Bertz CT molecular complexity index is 411. The molecular weight excluding hydrogens is 254 g/mol. The van der Waals surface area contributed by atoms with Gasteiger partial charge in [0.1, 0.15) is 5.75 Å². The average molecular weight is 272 g/mol. The van der Waals surface area contributed by atoms with Gasteiger partial charge in [-0.3, -0.25) is 0 Å². The zero-order valence-electron chi connectivity index (χ0n) is 10.4. The van der Waals surface area contributed by atoms with Gasteiger partial charge in [0.2, 0.25) is 0 Å². The molecule has 4 heteroatoms. The van der Waals surface area contributed by atoms with Crippen LogP contribution >= 0.6 is 23.4 Å². The number of aryl methyl sites for hydroxylation is 1. The minimum absolute atomic E-state index is 0.523. The monoisotopic (exact) mass is 271 g/mol. The third-order valence-corrected chi connectivity index (χ3v) is 4.93. The van der Waals surface area contributed by atoms with E-state index in [9.17, 15) is 0 Å². The van der Waals surface area contributed by atoms with Gasteiger partial charge in [-0.15, -0.1) is 0 Å². The SMILES string of the molecule is COc1cc(Cl)c(C)cc1NC1CCSC1C. The maximum absolute atomic E-state index is 6.10. The van der Waals surface area contributed by atoms with Crippen molar-refractivity contribution in [2.75, 3.05) is 18.2 Å². The predicted octanol–water partition coefficient (Wildman–Crippen LogP) is 3.96. The fourth-order valence-corrected chi connectivity index (χ4v) is 3.42. The quantitative estimate of drug-likeness (QED) is 0.899. The third-order valence-electron chi connectivity index (χ3n) is 3.20. The van der Waals surface area contributed by atoms with Crippen molar-refractivity contribution in [2.24, 2.45) is 0 Å². The first-order valence-electron chi connectivity index (χ1n) is 5.84. The molecule has 1 aromatic rings. The van der Waals surface area contributed by atoms with Gasteiger partial charge in [0, 0.05) is 22.4 Å². The summed E-state index contributed by atoms with van der Waals surface area (Å²) in [5, 5.41) is 4.97. The van der Waals surface area contributed by atoms with Gasteiger partial charge in [-0.25, -0.2) is 0 Å². The van der Waals surface area contributed by atoms with Crippen LogP contribution in [0, 0.1) is 6.92 Å². The fraction of sp³-hybridized carbons (Fsp3) is 0.538. The van der Waals surface area contributed by atoms with Crippen LogP contribution in [0.4, 0.5) is 5.69 Å². The molecule has 0 amide bonds. The second-order valence-electron chi connectivity index (χ2n) is 4.42. The molecule has 0 aromatic heterocycles. The van der Waals surface area contributed by atoms with Crippen LogP contribution in [-0.4, -0.2) is 24.2 Å². The molecule has 1 fully saturated rings. The summed E-state index contributed by atoms with van der Waals surface area (Å²) in [6.45, 7) is 4.28. The van der Waals surface area contributed by atoms with Crippen molar-refractivity contribution in [2.45, 2.75) is 31.6 Å². The Hall–Kier alpha value is -0.540. The lowest BCUT2D eigenvalue weighted by Crippen LogP contribution is -2.25. The normalized spacial score (nSPS) is 23.8. The molecule has 1 N–H and O–H groups in total. The number of hydrogen-bond acceptors (Lipinski definition) is 3. The number of thioether (sulfide) groups is 1. The van der Waals surface area contributed by atoms with Gasteiger partial charge >= 0.3 is 0 Å². The summed E-state index contributed by atoms with van der Waals surface area (Å²) < 4.78 is 5.37. The zero-order valence-corrected chi connectivity index (χ0v) is 12.0. The van der Waals surface area contributed by atoms with E-state index < -0.39 is 0 Å².